The van der Waals surface area contributed by atoms with Crippen LogP contribution < -0.4 is 5.32 Å². The summed E-state index contributed by atoms with van der Waals surface area (Å²) in [5, 5.41) is 3.19. The maximum Gasteiger partial charge on any atom is 0.0960 e. The summed E-state index contributed by atoms with van der Waals surface area (Å²) in [7, 11) is 1.96. The Balaban J connectivity index is 1.96. The van der Waals surface area contributed by atoms with E-state index in [4.69, 9.17) is 4.74 Å². The van der Waals surface area contributed by atoms with Crippen LogP contribution in [0.15, 0.2) is 30.6 Å². The Morgan fingerprint density at radius 1 is 1.56 bits per heavy atom. The molecule has 1 atom stereocenters. The maximum absolute atomic E-state index is 5.82. The van der Waals surface area contributed by atoms with Gasteiger partial charge in [0.1, 0.15) is 0 Å². The molecule has 0 aliphatic carbocycles. The second-order valence-corrected chi connectivity index (χ2v) is 5.53. The number of thiophene rings is 1. The summed E-state index contributed by atoms with van der Waals surface area (Å²) >= 11 is 1.87. The SMILES string of the molecule is CNCC1OCCc2sc(-c3cccnc3)cc21. The Morgan fingerprint density at radius 3 is 3.28 bits per heavy atom. The molecule has 1 unspecified atom stereocenters. The fourth-order valence-corrected chi connectivity index (χ4v) is 3.48. The molecule has 2 aromatic heterocycles. The van der Waals surface area contributed by atoms with Gasteiger partial charge in [0.05, 0.1) is 12.7 Å². The van der Waals surface area contributed by atoms with E-state index in [2.05, 4.69) is 22.4 Å². The first-order valence-corrected chi connectivity index (χ1v) is 6.99. The normalized spacial score (nSPS) is 18.6. The number of fused-ring (bicyclic) bond motifs is 1. The maximum atomic E-state index is 5.82. The second-order valence-electron chi connectivity index (χ2n) is 4.40. The highest BCUT2D eigenvalue weighted by atomic mass is 32.1. The molecule has 3 heterocycles. The van der Waals surface area contributed by atoms with E-state index in [0.29, 0.717) is 0 Å². The number of hydrogen-bond donors (Lipinski definition) is 1. The summed E-state index contributed by atoms with van der Waals surface area (Å²) in [6, 6.07) is 6.35. The lowest BCUT2D eigenvalue weighted by molar-refractivity contribution is 0.0451. The third-order valence-corrected chi connectivity index (χ3v) is 4.43. The van der Waals surface area contributed by atoms with Crippen LogP contribution in [0.3, 0.4) is 0 Å². The molecule has 0 radical (unpaired) electrons. The quantitative estimate of drug-likeness (QED) is 0.921. The first-order valence-electron chi connectivity index (χ1n) is 6.17. The Bertz CT molecular complexity index is 524. The van der Waals surface area contributed by atoms with E-state index in [9.17, 15) is 0 Å². The topological polar surface area (TPSA) is 34.1 Å². The van der Waals surface area contributed by atoms with Gasteiger partial charge in [-0.2, -0.15) is 0 Å². The second kappa shape index (κ2) is 5.18. The molecule has 1 N–H and O–H groups in total. The minimum Gasteiger partial charge on any atom is -0.372 e. The zero-order valence-electron chi connectivity index (χ0n) is 10.3. The molecule has 1 aliphatic rings. The molecule has 1 aliphatic heterocycles. The summed E-state index contributed by atoms with van der Waals surface area (Å²) in [6.45, 7) is 1.70. The molecule has 0 bridgehead atoms. The molecule has 0 fully saturated rings. The molecule has 94 valence electrons. The molecule has 0 aromatic carbocycles. The van der Waals surface area contributed by atoms with Crippen molar-refractivity contribution in [2.75, 3.05) is 20.2 Å². The Hall–Kier alpha value is -1.23. The number of likely N-dealkylation sites (N-methyl/N-ethyl adjacent to an activating group) is 1. The first kappa shape index (κ1) is 11.8. The fourth-order valence-electron chi connectivity index (χ4n) is 2.30. The highest BCUT2D eigenvalue weighted by molar-refractivity contribution is 7.15. The van der Waals surface area contributed by atoms with E-state index in [1.54, 1.807) is 0 Å². The van der Waals surface area contributed by atoms with Gasteiger partial charge in [0, 0.05) is 40.7 Å². The highest BCUT2D eigenvalue weighted by Crippen LogP contribution is 2.38. The number of pyridine rings is 1. The highest BCUT2D eigenvalue weighted by Gasteiger charge is 2.23. The number of nitrogens with one attached hydrogen (secondary N) is 1. The van der Waals surface area contributed by atoms with Crippen molar-refractivity contribution in [1.29, 1.82) is 0 Å². The van der Waals surface area contributed by atoms with Crippen molar-refractivity contribution in [2.45, 2.75) is 12.5 Å². The minimum atomic E-state index is 0.195. The predicted octanol–water partition coefficient (Wildman–Crippen LogP) is 2.64. The van der Waals surface area contributed by atoms with Gasteiger partial charge in [0.25, 0.3) is 0 Å². The van der Waals surface area contributed by atoms with Gasteiger partial charge in [-0.25, -0.2) is 0 Å². The molecular weight excluding hydrogens is 244 g/mol. The summed E-state index contributed by atoms with van der Waals surface area (Å²) in [5.41, 5.74) is 2.54. The number of aromatic nitrogens is 1. The largest absolute Gasteiger partial charge is 0.372 e. The van der Waals surface area contributed by atoms with Gasteiger partial charge < -0.3 is 10.1 Å². The first-order chi connectivity index (χ1) is 8.88. The van der Waals surface area contributed by atoms with E-state index in [-0.39, 0.29) is 6.10 Å². The molecule has 0 saturated carbocycles. The van der Waals surface area contributed by atoms with Gasteiger partial charge in [0.2, 0.25) is 0 Å². The van der Waals surface area contributed by atoms with Gasteiger partial charge in [-0.15, -0.1) is 11.3 Å². The zero-order valence-corrected chi connectivity index (χ0v) is 11.2. The molecule has 2 aromatic rings. The van der Waals surface area contributed by atoms with E-state index in [0.717, 1.165) is 19.6 Å². The van der Waals surface area contributed by atoms with Crippen molar-refractivity contribution in [3.63, 3.8) is 0 Å². The van der Waals surface area contributed by atoms with Crippen LogP contribution in [0, 0.1) is 0 Å². The van der Waals surface area contributed by atoms with Gasteiger partial charge in [-0.05, 0) is 24.7 Å². The molecule has 4 heteroatoms. The molecular formula is C14H16N2OS. The van der Waals surface area contributed by atoms with Crippen LogP contribution in [0.1, 0.15) is 16.5 Å². The van der Waals surface area contributed by atoms with Crippen molar-refractivity contribution in [1.82, 2.24) is 10.3 Å². The average molecular weight is 260 g/mol. The zero-order chi connectivity index (χ0) is 12.4. The molecule has 3 nitrogen and oxygen atoms in total. The van der Waals surface area contributed by atoms with E-state index >= 15 is 0 Å². The van der Waals surface area contributed by atoms with Crippen LogP contribution in [0.4, 0.5) is 0 Å². The average Bonchev–Trinajstić information content (AvgIpc) is 2.85. The third-order valence-electron chi connectivity index (χ3n) is 3.17. The summed E-state index contributed by atoms with van der Waals surface area (Å²) in [4.78, 5) is 6.94. The lowest BCUT2D eigenvalue weighted by atomic mass is 10.1. The lowest BCUT2D eigenvalue weighted by Crippen LogP contribution is -2.24. The minimum absolute atomic E-state index is 0.195. The number of hydrogen-bond acceptors (Lipinski definition) is 4. The van der Waals surface area contributed by atoms with Crippen LogP contribution in [-0.4, -0.2) is 25.2 Å². The molecule has 3 rings (SSSR count). The van der Waals surface area contributed by atoms with E-state index in [1.165, 1.54) is 20.9 Å². The van der Waals surface area contributed by atoms with Crippen LogP contribution in [0.2, 0.25) is 0 Å². The monoisotopic (exact) mass is 260 g/mol. The van der Waals surface area contributed by atoms with Crippen molar-refractivity contribution >= 4 is 11.3 Å². The lowest BCUT2D eigenvalue weighted by Gasteiger charge is -2.22. The molecule has 0 spiro atoms. The van der Waals surface area contributed by atoms with Crippen LogP contribution in [0.5, 0.6) is 0 Å². The fraction of sp³-hybridized carbons (Fsp3) is 0.357. The summed E-state index contributed by atoms with van der Waals surface area (Å²) in [6.07, 6.45) is 4.95. The van der Waals surface area contributed by atoms with Gasteiger partial charge >= 0.3 is 0 Å². The summed E-state index contributed by atoms with van der Waals surface area (Å²) in [5.74, 6) is 0. The van der Waals surface area contributed by atoms with Crippen LogP contribution in [-0.2, 0) is 11.2 Å². The van der Waals surface area contributed by atoms with Crippen LogP contribution >= 0.6 is 11.3 Å². The van der Waals surface area contributed by atoms with Crippen molar-refractivity contribution < 1.29 is 4.74 Å². The number of ether oxygens (including phenoxy) is 1. The van der Waals surface area contributed by atoms with Crippen molar-refractivity contribution in [3.05, 3.63) is 41.0 Å². The summed E-state index contributed by atoms with van der Waals surface area (Å²) < 4.78 is 5.82. The molecule has 18 heavy (non-hydrogen) atoms. The van der Waals surface area contributed by atoms with Crippen molar-refractivity contribution in [3.8, 4) is 10.4 Å². The van der Waals surface area contributed by atoms with E-state index < -0.39 is 0 Å². The van der Waals surface area contributed by atoms with Gasteiger partial charge in [-0.1, -0.05) is 6.07 Å². The Labute approximate surface area is 111 Å². The predicted molar refractivity (Wildman–Crippen MR) is 73.9 cm³/mol. The van der Waals surface area contributed by atoms with Crippen LogP contribution in [0.25, 0.3) is 10.4 Å². The number of rotatable bonds is 3. The smallest absolute Gasteiger partial charge is 0.0960 e. The molecule has 0 saturated heterocycles. The standard InChI is InChI=1S/C14H16N2OS/c1-15-9-12-11-7-14(10-3-2-5-16-8-10)18-13(11)4-6-17-12/h2-3,5,7-8,12,15H,4,6,9H2,1H3. The number of nitrogens with zero attached hydrogens (tertiary/aromatic N) is 1. The Morgan fingerprint density at radius 2 is 2.50 bits per heavy atom. The van der Waals surface area contributed by atoms with Gasteiger partial charge in [-0.3, -0.25) is 4.98 Å². The third kappa shape index (κ3) is 2.19. The Kier molecular flexibility index (Phi) is 3.41. The van der Waals surface area contributed by atoms with Crippen molar-refractivity contribution in [2.24, 2.45) is 0 Å². The van der Waals surface area contributed by atoms with E-state index in [1.807, 2.05) is 36.8 Å². The molecule has 0 amide bonds. The van der Waals surface area contributed by atoms with Gasteiger partial charge in [0.15, 0.2) is 0 Å².